The molecule has 0 unspecified atom stereocenters. The van der Waals surface area contributed by atoms with E-state index < -0.39 is 20.6 Å². The van der Waals surface area contributed by atoms with Gasteiger partial charge in [0.15, 0.2) is 4.90 Å². The van der Waals surface area contributed by atoms with Gasteiger partial charge in [0.05, 0.1) is 11.5 Å². The minimum Gasteiger partial charge on any atom is -0.325 e. The van der Waals surface area contributed by atoms with E-state index in [2.05, 4.69) is 11.4 Å². The van der Waals surface area contributed by atoms with Crippen LogP contribution in [-0.2, 0) is 27.7 Å². The maximum atomic E-state index is 12.9. The molecule has 0 aromatic heterocycles. The standard InChI is InChI=1S/C21H24N4O5S/c26-21(22-18-9-8-16-4-3-5-17(16)14-18)15-23-10-12-24(13-11-23)31(29,30)20-7-2-1-6-19(20)25(27)28/h1-2,6-9,14H,3-5,10-13,15H2,(H,22,26). The second-order valence-electron chi connectivity index (χ2n) is 7.79. The van der Waals surface area contributed by atoms with Crippen LogP contribution in [0.1, 0.15) is 17.5 Å². The number of nitrogens with zero attached hydrogens (tertiary/aromatic N) is 3. The molecule has 1 saturated heterocycles. The van der Waals surface area contributed by atoms with E-state index in [1.165, 1.54) is 39.7 Å². The summed E-state index contributed by atoms with van der Waals surface area (Å²) in [6, 6.07) is 11.4. The second kappa shape index (κ2) is 8.74. The SMILES string of the molecule is O=C(CN1CCN(S(=O)(=O)c2ccccc2[N+](=O)[O-])CC1)Nc1ccc2c(c1)CCC2. The van der Waals surface area contributed by atoms with Gasteiger partial charge in [-0.1, -0.05) is 18.2 Å². The molecule has 0 atom stereocenters. The van der Waals surface area contributed by atoms with Crippen molar-refractivity contribution in [3.63, 3.8) is 0 Å². The van der Waals surface area contributed by atoms with E-state index >= 15 is 0 Å². The topological polar surface area (TPSA) is 113 Å². The molecular formula is C21H24N4O5S. The van der Waals surface area contributed by atoms with Crippen LogP contribution >= 0.6 is 0 Å². The van der Waals surface area contributed by atoms with Crippen LogP contribution in [0, 0.1) is 10.1 Å². The molecule has 0 saturated carbocycles. The van der Waals surface area contributed by atoms with Crippen molar-refractivity contribution >= 4 is 27.3 Å². The highest BCUT2D eigenvalue weighted by molar-refractivity contribution is 7.89. The minimum absolute atomic E-state index is 0.145. The number of anilines is 1. The zero-order valence-corrected chi connectivity index (χ0v) is 17.8. The molecule has 0 bridgehead atoms. The van der Waals surface area contributed by atoms with E-state index in [4.69, 9.17) is 0 Å². The molecule has 1 aliphatic carbocycles. The molecule has 2 aromatic rings. The van der Waals surface area contributed by atoms with Crippen LogP contribution in [0.15, 0.2) is 47.4 Å². The van der Waals surface area contributed by atoms with Crippen LogP contribution in [0.2, 0.25) is 0 Å². The van der Waals surface area contributed by atoms with E-state index in [0.29, 0.717) is 13.1 Å². The highest BCUT2D eigenvalue weighted by Crippen LogP contribution is 2.27. The molecule has 1 amide bonds. The molecule has 2 aromatic carbocycles. The van der Waals surface area contributed by atoms with Crippen LogP contribution in [-0.4, -0.2) is 61.2 Å². The fourth-order valence-electron chi connectivity index (χ4n) is 4.15. The van der Waals surface area contributed by atoms with Crippen molar-refractivity contribution in [1.82, 2.24) is 9.21 Å². The molecule has 9 nitrogen and oxygen atoms in total. The Balaban J connectivity index is 1.34. The monoisotopic (exact) mass is 444 g/mol. The summed E-state index contributed by atoms with van der Waals surface area (Å²) in [5, 5.41) is 14.1. The van der Waals surface area contributed by atoms with Crippen LogP contribution in [0.4, 0.5) is 11.4 Å². The first-order chi connectivity index (χ1) is 14.8. The number of nitrogens with one attached hydrogen (secondary N) is 1. The summed E-state index contributed by atoms with van der Waals surface area (Å²) in [6.07, 6.45) is 3.27. The van der Waals surface area contributed by atoms with Gasteiger partial charge in [0.1, 0.15) is 0 Å². The first kappa shape index (κ1) is 21.4. The Morgan fingerprint density at radius 3 is 2.48 bits per heavy atom. The van der Waals surface area contributed by atoms with Gasteiger partial charge in [0.2, 0.25) is 15.9 Å². The normalized spacial score (nSPS) is 17.3. The van der Waals surface area contributed by atoms with Crippen molar-refractivity contribution in [2.45, 2.75) is 24.2 Å². The average Bonchev–Trinajstić information content (AvgIpc) is 3.22. The fourth-order valence-corrected chi connectivity index (χ4v) is 5.73. The number of nitro groups is 1. The van der Waals surface area contributed by atoms with Gasteiger partial charge in [0.25, 0.3) is 5.69 Å². The lowest BCUT2D eigenvalue weighted by Crippen LogP contribution is -2.50. The highest BCUT2D eigenvalue weighted by atomic mass is 32.2. The summed E-state index contributed by atoms with van der Waals surface area (Å²) in [5.41, 5.74) is 2.97. The third-order valence-corrected chi connectivity index (χ3v) is 7.71. The minimum atomic E-state index is -3.98. The summed E-state index contributed by atoms with van der Waals surface area (Å²) in [6.45, 7) is 1.24. The van der Waals surface area contributed by atoms with Gasteiger partial charge in [-0.15, -0.1) is 0 Å². The van der Waals surface area contributed by atoms with Gasteiger partial charge < -0.3 is 5.32 Å². The van der Waals surface area contributed by atoms with Crippen LogP contribution in [0.5, 0.6) is 0 Å². The van der Waals surface area contributed by atoms with Crippen molar-refractivity contribution in [3.8, 4) is 0 Å². The van der Waals surface area contributed by atoms with Gasteiger partial charge in [-0.05, 0) is 48.6 Å². The summed E-state index contributed by atoms with van der Waals surface area (Å²) < 4.78 is 27.0. The molecule has 164 valence electrons. The summed E-state index contributed by atoms with van der Waals surface area (Å²) in [7, 11) is -3.98. The lowest BCUT2D eigenvalue weighted by Gasteiger charge is -2.33. The largest absolute Gasteiger partial charge is 0.325 e. The van der Waals surface area contributed by atoms with Gasteiger partial charge in [0, 0.05) is 37.9 Å². The van der Waals surface area contributed by atoms with Crippen LogP contribution in [0.25, 0.3) is 0 Å². The van der Waals surface area contributed by atoms with Crippen molar-refractivity contribution in [1.29, 1.82) is 0 Å². The first-order valence-electron chi connectivity index (χ1n) is 10.2. The Kier molecular flexibility index (Phi) is 6.03. The Bertz CT molecular complexity index is 1110. The van der Waals surface area contributed by atoms with E-state index in [-0.39, 0.29) is 30.4 Å². The summed E-state index contributed by atoms with van der Waals surface area (Å²) >= 11 is 0. The molecule has 0 spiro atoms. The third kappa shape index (κ3) is 4.60. The van der Waals surface area contributed by atoms with E-state index in [0.717, 1.165) is 24.9 Å². The average molecular weight is 445 g/mol. The van der Waals surface area contributed by atoms with Gasteiger partial charge in [-0.3, -0.25) is 19.8 Å². The first-order valence-corrected chi connectivity index (χ1v) is 11.7. The van der Waals surface area contributed by atoms with Crippen molar-refractivity contribution in [2.75, 3.05) is 38.0 Å². The Morgan fingerprint density at radius 2 is 1.74 bits per heavy atom. The molecular weight excluding hydrogens is 420 g/mol. The lowest BCUT2D eigenvalue weighted by molar-refractivity contribution is -0.387. The Hall–Kier alpha value is -2.82. The Labute approximate surface area is 180 Å². The van der Waals surface area contributed by atoms with E-state index in [9.17, 15) is 23.3 Å². The molecule has 1 heterocycles. The highest BCUT2D eigenvalue weighted by Gasteiger charge is 2.33. The summed E-state index contributed by atoms with van der Waals surface area (Å²) in [4.78, 5) is 24.5. The predicted octanol–water partition coefficient (Wildman–Crippen LogP) is 2.03. The number of rotatable bonds is 6. The molecule has 31 heavy (non-hydrogen) atoms. The zero-order valence-electron chi connectivity index (χ0n) is 17.0. The van der Waals surface area contributed by atoms with Crippen molar-refractivity contribution < 1.29 is 18.1 Å². The number of piperazine rings is 1. The second-order valence-corrected chi connectivity index (χ2v) is 9.70. The number of sulfonamides is 1. The van der Waals surface area contributed by atoms with Crippen LogP contribution in [0.3, 0.4) is 0 Å². The van der Waals surface area contributed by atoms with E-state index in [1.54, 1.807) is 0 Å². The van der Waals surface area contributed by atoms with Crippen molar-refractivity contribution in [3.05, 3.63) is 63.7 Å². The van der Waals surface area contributed by atoms with Gasteiger partial charge in [-0.25, -0.2) is 8.42 Å². The molecule has 1 fully saturated rings. The number of carbonyl (C=O) groups is 1. The maximum absolute atomic E-state index is 12.9. The summed E-state index contributed by atoms with van der Waals surface area (Å²) in [5.74, 6) is -0.145. The number of para-hydroxylation sites is 1. The molecule has 0 radical (unpaired) electrons. The maximum Gasteiger partial charge on any atom is 0.289 e. The lowest BCUT2D eigenvalue weighted by atomic mass is 10.1. The van der Waals surface area contributed by atoms with Crippen molar-refractivity contribution in [2.24, 2.45) is 0 Å². The third-order valence-electron chi connectivity index (χ3n) is 5.76. The molecule has 1 aliphatic heterocycles. The fraction of sp³-hybridized carbons (Fsp3) is 0.381. The number of aryl methyl sites for hydroxylation is 2. The van der Waals surface area contributed by atoms with Gasteiger partial charge >= 0.3 is 0 Å². The number of benzene rings is 2. The number of fused-ring (bicyclic) bond motifs is 1. The molecule has 10 heteroatoms. The predicted molar refractivity (Wildman–Crippen MR) is 115 cm³/mol. The number of amides is 1. The molecule has 2 aliphatic rings. The molecule has 4 rings (SSSR count). The van der Waals surface area contributed by atoms with E-state index in [1.807, 2.05) is 17.0 Å². The molecule has 1 N–H and O–H groups in total. The Morgan fingerprint density at radius 1 is 1.03 bits per heavy atom. The number of hydrogen-bond donors (Lipinski definition) is 1. The number of carbonyl (C=O) groups excluding carboxylic acids is 1. The zero-order chi connectivity index (χ0) is 22.0. The van der Waals surface area contributed by atoms with Crippen LogP contribution < -0.4 is 5.32 Å². The van der Waals surface area contributed by atoms with Gasteiger partial charge in [-0.2, -0.15) is 4.31 Å². The quantitative estimate of drug-likeness (QED) is 0.539. The smallest absolute Gasteiger partial charge is 0.289 e. The number of hydrogen-bond acceptors (Lipinski definition) is 6. The number of nitro benzene ring substituents is 1.